The smallest absolute Gasteiger partial charge is 0.243 e. The third kappa shape index (κ3) is 4.12. The average molecular weight is 432 g/mol. The summed E-state index contributed by atoms with van der Waals surface area (Å²) < 4.78 is 41.2. The molecule has 1 atom stereocenters. The second-order valence-electron chi connectivity index (χ2n) is 7.90. The van der Waals surface area contributed by atoms with Gasteiger partial charge >= 0.3 is 0 Å². The quantitative estimate of drug-likeness (QED) is 0.745. The van der Waals surface area contributed by atoms with Gasteiger partial charge in [0.2, 0.25) is 15.9 Å². The maximum Gasteiger partial charge on any atom is 0.243 e. The van der Waals surface area contributed by atoms with Crippen molar-refractivity contribution in [1.29, 1.82) is 0 Å². The summed E-state index contributed by atoms with van der Waals surface area (Å²) >= 11 is 0. The van der Waals surface area contributed by atoms with E-state index in [0.717, 1.165) is 12.1 Å². The van der Waals surface area contributed by atoms with Gasteiger partial charge in [0.05, 0.1) is 10.9 Å². The molecule has 2 aliphatic heterocycles. The van der Waals surface area contributed by atoms with Crippen molar-refractivity contribution >= 4 is 15.9 Å². The van der Waals surface area contributed by atoms with Crippen molar-refractivity contribution in [3.63, 3.8) is 0 Å². The van der Waals surface area contributed by atoms with Gasteiger partial charge < -0.3 is 4.90 Å². The summed E-state index contributed by atoms with van der Waals surface area (Å²) in [5.41, 5.74) is 1.39. The van der Waals surface area contributed by atoms with Gasteiger partial charge in [-0.3, -0.25) is 9.69 Å². The SMILES string of the molecule is Cc1cc(S(=O)(=O)N2CCC3C(=O)N(Cc4ccccc4)CCN3CC2)ccc1F. The maximum absolute atomic E-state index is 13.6. The Hall–Kier alpha value is -2.29. The molecule has 2 aromatic carbocycles. The first-order valence-electron chi connectivity index (χ1n) is 10.2. The Bertz CT molecular complexity index is 1030. The van der Waals surface area contributed by atoms with Crippen molar-refractivity contribution in [1.82, 2.24) is 14.1 Å². The van der Waals surface area contributed by atoms with Crippen LogP contribution in [0.25, 0.3) is 0 Å². The fourth-order valence-corrected chi connectivity index (χ4v) is 5.73. The second-order valence-corrected chi connectivity index (χ2v) is 9.84. The van der Waals surface area contributed by atoms with Gasteiger partial charge in [0.25, 0.3) is 0 Å². The van der Waals surface area contributed by atoms with Gasteiger partial charge in [-0.1, -0.05) is 30.3 Å². The topological polar surface area (TPSA) is 60.9 Å². The molecule has 0 N–H and O–H groups in total. The molecule has 2 heterocycles. The zero-order valence-corrected chi connectivity index (χ0v) is 17.8. The molecule has 30 heavy (non-hydrogen) atoms. The monoisotopic (exact) mass is 431 g/mol. The highest BCUT2D eigenvalue weighted by molar-refractivity contribution is 7.89. The molecule has 4 rings (SSSR count). The van der Waals surface area contributed by atoms with Gasteiger partial charge in [0.15, 0.2) is 0 Å². The van der Waals surface area contributed by atoms with Gasteiger partial charge in [0.1, 0.15) is 5.82 Å². The number of sulfonamides is 1. The highest BCUT2D eigenvalue weighted by atomic mass is 32.2. The highest BCUT2D eigenvalue weighted by Gasteiger charge is 2.38. The Morgan fingerprint density at radius 3 is 2.47 bits per heavy atom. The lowest BCUT2D eigenvalue weighted by Gasteiger charge is -2.39. The Labute approximate surface area is 176 Å². The molecule has 2 aliphatic rings. The molecule has 0 radical (unpaired) electrons. The zero-order chi connectivity index (χ0) is 21.3. The maximum atomic E-state index is 13.6. The first-order chi connectivity index (χ1) is 14.4. The number of aryl methyl sites for hydroxylation is 1. The summed E-state index contributed by atoms with van der Waals surface area (Å²) in [7, 11) is -3.73. The molecule has 0 aliphatic carbocycles. The molecule has 1 amide bonds. The van der Waals surface area contributed by atoms with Crippen LogP contribution in [0.4, 0.5) is 4.39 Å². The summed E-state index contributed by atoms with van der Waals surface area (Å²) in [4.78, 5) is 17.2. The number of carbonyl (C=O) groups is 1. The normalized spacial score (nSPS) is 21.3. The van der Waals surface area contributed by atoms with E-state index < -0.39 is 15.8 Å². The number of hydrogen-bond acceptors (Lipinski definition) is 4. The van der Waals surface area contributed by atoms with E-state index in [1.807, 2.05) is 35.2 Å². The fourth-order valence-electron chi connectivity index (χ4n) is 4.20. The molecule has 6 nitrogen and oxygen atoms in total. The van der Waals surface area contributed by atoms with Crippen LogP contribution in [0.15, 0.2) is 53.4 Å². The molecule has 1 unspecified atom stereocenters. The number of amides is 1. The summed E-state index contributed by atoms with van der Waals surface area (Å²) in [5.74, 6) is -0.368. The Morgan fingerprint density at radius 1 is 1.00 bits per heavy atom. The van der Waals surface area contributed by atoms with E-state index >= 15 is 0 Å². The summed E-state index contributed by atoms with van der Waals surface area (Å²) in [5, 5.41) is 0. The third-order valence-electron chi connectivity index (χ3n) is 5.97. The molecular weight excluding hydrogens is 405 g/mol. The number of rotatable bonds is 4. The zero-order valence-electron chi connectivity index (χ0n) is 17.0. The van der Waals surface area contributed by atoms with E-state index in [-0.39, 0.29) is 23.4 Å². The van der Waals surface area contributed by atoms with Crippen molar-refractivity contribution < 1.29 is 17.6 Å². The van der Waals surface area contributed by atoms with Crippen molar-refractivity contribution in [3.05, 3.63) is 65.5 Å². The molecule has 160 valence electrons. The first-order valence-corrected chi connectivity index (χ1v) is 11.6. The lowest BCUT2D eigenvalue weighted by atomic mass is 10.1. The van der Waals surface area contributed by atoms with Crippen molar-refractivity contribution in [2.45, 2.75) is 30.8 Å². The first kappa shape index (κ1) is 21.0. The van der Waals surface area contributed by atoms with Crippen LogP contribution in [0, 0.1) is 12.7 Å². The number of piperazine rings is 1. The van der Waals surface area contributed by atoms with Crippen LogP contribution >= 0.6 is 0 Å². The number of carbonyl (C=O) groups excluding carboxylic acids is 1. The third-order valence-corrected chi connectivity index (χ3v) is 7.86. The largest absolute Gasteiger partial charge is 0.336 e. The lowest BCUT2D eigenvalue weighted by molar-refractivity contribution is -0.142. The van der Waals surface area contributed by atoms with E-state index in [1.165, 1.54) is 22.5 Å². The van der Waals surface area contributed by atoms with Gasteiger partial charge in [-0.25, -0.2) is 12.8 Å². The summed E-state index contributed by atoms with van der Waals surface area (Å²) in [6.07, 6.45) is 0.448. The second kappa shape index (κ2) is 8.45. The standard InChI is InChI=1S/C22H26FN3O3S/c1-17-15-19(7-8-20(17)23)30(28,29)26-10-9-21-22(27)25(12-11-24(21)13-14-26)16-18-5-3-2-4-6-18/h2-8,15,21H,9-14,16H2,1H3. The minimum atomic E-state index is -3.73. The van der Waals surface area contributed by atoms with Crippen molar-refractivity contribution in [2.75, 3.05) is 32.7 Å². The summed E-state index contributed by atoms with van der Waals surface area (Å²) in [6.45, 7) is 4.58. The van der Waals surface area contributed by atoms with Gasteiger partial charge in [-0.05, 0) is 42.7 Å². The molecule has 2 saturated heterocycles. The highest BCUT2D eigenvalue weighted by Crippen LogP contribution is 2.24. The molecule has 0 aromatic heterocycles. The van der Waals surface area contributed by atoms with Crippen molar-refractivity contribution in [2.24, 2.45) is 0 Å². The number of fused-ring (bicyclic) bond motifs is 1. The Morgan fingerprint density at radius 2 is 1.73 bits per heavy atom. The molecule has 2 fully saturated rings. The van der Waals surface area contributed by atoms with Crippen LogP contribution in [0.5, 0.6) is 0 Å². The molecule has 8 heteroatoms. The molecule has 2 aromatic rings. The minimum absolute atomic E-state index is 0.0574. The lowest BCUT2D eigenvalue weighted by Crippen LogP contribution is -2.56. The summed E-state index contributed by atoms with van der Waals surface area (Å²) in [6, 6.07) is 13.4. The minimum Gasteiger partial charge on any atom is -0.336 e. The molecular formula is C22H26FN3O3S. The molecule has 0 spiro atoms. The predicted molar refractivity (Wildman–Crippen MR) is 112 cm³/mol. The van der Waals surface area contributed by atoms with Crippen LogP contribution in [0.3, 0.4) is 0 Å². The van der Waals surface area contributed by atoms with Crippen LogP contribution in [-0.4, -0.2) is 67.2 Å². The number of nitrogens with zero attached hydrogens (tertiary/aromatic N) is 3. The van der Waals surface area contributed by atoms with Gasteiger partial charge in [0, 0.05) is 39.3 Å². The predicted octanol–water partition coefficient (Wildman–Crippen LogP) is 2.24. The fraction of sp³-hybridized carbons (Fsp3) is 0.409. The van der Waals surface area contributed by atoms with Crippen molar-refractivity contribution in [3.8, 4) is 0 Å². The van der Waals surface area contributed by atoms with Gasteiger partial charge in [-0.2, -0.15) is 4.31 Å². The van der Waals surface area contributed by atoms with E-state index in [4.69, 9.17) is 0 Å². The number of hydrogen-bond donors (Lipinski definition) is 0. The van der Waals surface area contributed by atoms with E-state index in [1.54, 1.807) is 6.92 Å². The number of halogens is 1. The van der Waals surface area contributed by atoms with E-state index in [9.17, 15) is 17.6 Å². The van der Waals surface area contributed by atoms with Crippen LogP contribution in [0.1, 0.15) is 17.5 Å². The number of benzene rings is 2. The average Bonchev–Trinajstić information content (AvgIpc) is 2.96. The van der Waals surface area contributed by atoms with Crippen LogP contribution in [0.2, 0.25) is 0 Å². The Kier molecular flexibility index (Phi) is 5.90. The Balaban J connectivity index is 1.48. The van der Waals surface area contributed by atoms with Gasteiger partial charge in [-0.15, -0.1) is 0 Å². The molecule has 0 bridgehead atoms. The van der Waals surface area contributed by atoms with Crippen LogP contribution < -0.4 is 0 Å². The van der Waals surface area contributed by atoms with E-state index in [2.05, 4.69) is 4.90 Å². The van der Waals surface area contributed by atoms with Crippen LogP contribution in [-0.2, 0) is 21.4 Å². The molecule has 0 saturated carbocycles. The van der Waals surface area contributed by atoms with E-state index in [0.29, 0.717) is 38.2 Å².